The standard InChI is InChI=1S/C18H24O3/c1-13(12-17(19)15-6-4-3-5-7-15)14-8-10-16(11-9-14)18(20)21-2/h8-11,13,15H,3-7,12H2,1-2H3. The predicted molar refractivity (Wildman–Crippen MR) is 82.4 cm³/mol. The lowest BCUT2D eigenvalue weighted by Crippen LogP contribution is -2.19. The second-order valence-corrected chi connectivity index (χ2v) is 6.02. The van der Waals surface area contributed by atoms with E-state index in [2.05, 4.69) is 11.7 Å². The molecular weight excluding hydrogens is 264 g/mol. The van der Waals surface area contributed by atoms with E-state index in [1.54, 1.807) is 12.1 Å². The largest absolute Gasteiger partial charge is 0.465 e. The van der Waals surface area contributed by atoms with Crippen molar-refractivity contribution in [2.24, 2.45) is 5.92 Å². The number of carbonyl (C=O) groups excluding carboxylic acids is 2. The Balaban J connectivity index is 1.94. The third-order valence-electron chi connectivity index (χ3n) is 4.47. The van der Waals surface area contributed by atoms with Crippen molar-refractivity contribution in [2.75, 3.05) is 7.11 Å². The highest BCUT2D eigenvalue weighted by atomic mass is 16.5. The summed E-state index contributed by atoms with van der Waals surface area (Å²) >= 11 is 0. The maximum absolute atomic E-state index is 12.3. The highest BCUT2D eigenvalue weighted by Crippen LogP contribution is 2.29. The summed E-state index contributed by atoms with van der Waals surface area (Å²) in [5.41, 5.74) is 1.65. The molecule has 0 spiro atoms. The lowest BCUT2D eigenvalue weighted by atomic mass is 9.82. The molecule has 1 aromatic carbocycles. The van der Waals surface area contributed by atoms with Crippen LogP contribution in [-0.2, 0) is 9.53 Å². The molecule has 0 aliphatic heterocycles. The van der Waals surface area contributed by atoms with E-state index in [1.165, 1.54) is 26.4 Å². The molecule has 3 heteroatoms. The molecule has 1 aliphatic carbocycles. The van der Waals surface area contributed by atoms with Crippen LogP contribution in [0.15, 0.2) is 24.3 Å². The summed E-state index contributed by atoms with van der Waals surface area (Å²) in [5.74, 6) is 0.549. The normalized spacial score (nSPS) is 17.2. The van der Waals surface area contributed by atoms with Crippen molar-refractivity contribution in [3.63, 3.8) is 0 Å². The third kappa shape index (κ3) is 4.16. The van der Waals surface area contributed by atoms with E-state index in [0.717, 1.165) is 18.4 Å². The number of Topliss-reactive ketones (excluding diaryl/α,β-unsaturated/α-hetero) is 1. The van der Waals surface area contributed by atoms with Crippen LogP contribution in [0, 0.1) is 5.92 Å². The Morgan fingerprint density at radius 2 is 1.76 bits per heavy atom. The molecule has 1 unspecified atom stereocenters. The topological polar surface area (TPSA) is 43.4 Å². The van der Waals surface area contributed by atoms with Crippen LogP contribution in [0.4, 0.5) is 0 Å². The second kappa shape index (κ2) is 7.39. The maximum atomic E-state index is 12.3. The van der Waals surface area contributed by atoms with Gasteiger partial charge in [0.15, 0.2) is 0 Å². The van der Waals surface area contributed by atoms with E-state index < -0.39 is 0 Å². The van der Waals surface area contributed by atoms with Crippen molar-refractivity contribution in [1.29, 1.82) is 0 Å². The first-order valence-corrected chi connectivity index (χ1v) is 7.82. The summed E-state index contributed by atoms with van der Waals surface area (Å²) in [6.07, 6.45) is 6.38. The van der Waals surface area contributed by atoms with Crippen LogP contribution in [-0.4, -0.2) is 18.9 Å². The number of ketones is 1. The fourth-order valence-electron chi connectivity index (χ4n) is 3.08. The first-order chi connectivity index (χ1) is 10.1. The van der Waals surface area contributed by atoms with Crippen molar-refractivity contribution in [1.82, 2.24) is 0 Å². The average molecular weight is 288 g/mol. The fraction of sp³-hybridized carbons (Fsp3) is 0.556. The van der Waals surface area contributed by atoms with Gasteiger partial charge < -0.3 is 4.74 Å². The Hall–Kier alpha value is -1.64. The highest BCUT2D eigenvalue weighted by Gasteiger charge is 2.23. The first kappa shape index (κ1) is 15.7. The molecule has 0 saturated heterocycles. The molecule has 0 radical (unpaired) electrons. The van der Waals surface area contributed by atoms with Crippen molar-refractivity contribution < 1.29 is 14.3 Å². The number of benzene rings is 1. The molecule has 0 N–H and O–H groups in total. The minimum atomic E-state index is -0.326. The zero-order valence-electron chi connectivity index (χ0n) is 12.9. The van der Waals surface area contributed by atoms with Crippen LogP contribution >= 0.6 is 0 Å². The van der Waals surface area contributed by atoms with Gasteiger partial charge in [-0.25, -0.2) is 4.79 Å². The Labute approximate surface area is 126 Å². The summed E-state index contributed by atoms with van der Waals surface area (Å²) in [7, 11) is 1.38. The molecule has 3 nitrogen and oxygen atoms in total. The van der Waals surface area contributed by atoms with E-state index in [-0.39, 0.29) is 17.8 Å². The van der Waals surface area contributed by atoms with Gasteiger partial charge in [-0.1, -0.05) is 38.3 Å². The minimum absolute atomic E-state index is 0.200. The van der Waals surface area contributed by atoms with Crippen LogP contribution in [0.1, 0.15) is 67.3 Å². The molecule has 1 aromatic rings. The molecule has 0 heterocycles. The van der Waals surface area contributed by atoms with Gasteiger partial charge >= 0.3 is 5.97 Å². The van der Waals surface area contributed by atoms with E-state index in [4.69, 9.17) is 0 Å². The zero-order valence-corrected chi connectivity index (χ0v) is 12.9. The number of esters is 1. The summed E-state index contributed by atoms with van der Waals surface area (Å²) < 4.78 is 4.69. The average Bonchev–Trinajstić information content (AvgIpc) is 2.55. The summed E-state index contributed by atoms with van der Waals surface area (Å²) in [6, 6.07) is 7.38. The van der Waals surface area contributed by atoms with Gasteiger partial charge in [0, 0.05) is 12.3 Å². The number of ether oxygens (including phenoxy) is 1. The fourth-order valence-corrected chi connectivity index (χ4v) is 3.08. The van der Waals surface area contributed by atoms with E-state index in [0.29, 0.717) is 17.8 Å². The smallest absolute Gasteiger partial charge is 0.337 e. The molecule has 114 valence electrons. The zero-order chi connectivity index (χ0) is 15.2. The molecule has 1 saturated carbocycles. The van der Waals surface area contributed by atoms with Gasteiger partial charge in [0.1, 0.15) is 5.78 Å². The van der Waals surface area contributed by atoms with Gasteiger partial charge in [-0.3, -0.25) is 4.79 Å². The third-order valence-corrected chi connectivity index (χ3v) is 4.47. The van der Waals surface area contributed by atoms with Crippen LogP contribution in [0.3, 0.4) is 0 Å². The van der Waals surface area contributed by atoms with Gasteiger partial charge in [0.2, 0.25) is 0 Å². The molecule has 21 heavy (non-hydrogen) atoms. The number of hydrogen-bond donors (Lipinski definition) is 0. The van der Waals surface area contributed by atoms with Crippen LogP contribution in [0.5, 0.6) is 0 Å². The Kier molecular flexibility index (Phi) is 5.54. The molecule has 2 rings (SSSR count). The van der Waals surface area contributed by atoms with Crippen LogP contribution in [0.25, 0.3) is 0 Å². The van der Waals surface area contributed by atoms with Crippen LogP contribution in [0.2, 0.25) is 0 Å². The Morgan fingerprint density at radius 3 is 2.33 bits per heavy atom. The van der Waals surface area contributed by atoms with Crippen LogP contribution < -0.4 is 0 Å². The van der Waals surface area contributed by atoms with E-state index in [9.17, 15) is 9.59 Å². The Bertz CT molecular complexity index is 484. The molecule has 0 amide bonds. The van der Waals surface area contributed by atoms with Gasteiger partial charge in [0.25, 0.3) is 0 Å². The number of methoxy groups -OCH3 is 1. The maximum Gasteiger partial charge on any atom is 0.337 e. The summed E-state index contributed by atoms with van der Waals surface area (Å²) in [6.45, 7) is 2.08. The molecular formula is C18H24O3. The van der Waals surface area contributed by atoms with Crippen molar-refractivity contribution in [3.05, 3.63) is 35.4 Å². The Morgan fingerprint density at radius 1 is 1.14 bits per heavy atom. The van der Waals surface area contributed by atoms with Gasteiger partial charge in [-0.15, -0.1) is 0 Å². The first-order valence-electron chi connectivity index (χ1n) is 7.82. The SMILES string of the molecule is COC(=O)c1ccc(C(C)CC(=O)C2CCCCC2)cc1. The van der Waals surface area contributed by atoms with Crippen molar-refractivity contribution in [2.45, 2.75) is 51.4 Å². The van der Waals surface area contributed by atoms with Gasteiger partial charge in [-0.2, -0.15) is 0 Å². The molecule has 1 atom stereocenters. The summed E-state index contributed by atoms with van der Waals surface area (Å²) in [4.78, 5) is 23.7. The molecule has 0 aromatic heterocycles. The van der Waals surface area contributed by atoms with Gasteiger partial charge in [-0.05, 0) is 36.5 Å². The number of rotatable bonds is 5. The van der Waals surface area contributed by atoms with Gasteiger partial charge in [0.05, 0.1) is 12.7 Å². The monoisotopic (exact) mass is 288 g/mol. The van der Waals surface area contributed by atoms with E-state index >= 15 is 0 Å². The summed E-state index contributed by atoms with van der Waals surface area (Å²) in [5, 5.41) is 0. The van der Waals surface area contributed by atoms with Crippen molar-refractivity contribution >= 4 is 11.8 Å². The molecule has 1 fully saturated rings. The second-order valence-electron chi connectivity index (χ2n) is 6.02. The number of carbonyl (C=O) groups is 2. The minimum Gasteiger partial charge on any atom is -0.465 e. The van der Waals surface area contributed by atoms with Crippen molar-refractivity contribution in [3.8, 4) is 0 Å². The number of hydrogen-bond acceptors (Lipinski definition) is 3. The predicted octanol–water partition coefficient (Wildman–Crippen LogP) is 4.12. The highest BCUT2D eigenvalue weighted by molar-refractivity contribution is 5.89. The van der Waals surface area contributed by atoms with E-state index in [1.807, 2.05) is 12.1 Å². The quantitative estimate of drug-likeness (QED) is 0.766. The molecule has 0 bridgehead atoms. The lowest BCUT2D eigenvalue weighted by Gasteiger charge is -2.22. The molecule has 1 aliphatic rings. The lowest BCUT2D eigenvalue weighted by molar-refractivity contribution is -0.124.